The van der Waals surface area contributed by atoms with Crippen LogP contribution >= 0.6 is 0 Å². The van der Waals surface area contributed by atoms with Crippen molar-refractivity contribution in [2.45, 2.75) is 31.4 Å². The highest BCUT2D eigenvalue weighted by Crippen LogP contribution is 2.29. The van der Waals surface area contributed by atoms with E-state index in [1.165, 1.54) is 5.01 Å². The summed E-state index contributed by atoms with van der Waals surface area (Å²) in [6.45, 7) is 1.10. The summed E-state index contributed by atoms with van der Waals surface area (Å²) >= 11 is 0. The first-order valence-corrected chi connectivity index (χ1v) is 8.36. The molecule has 1 aliphatic carbocycles. The van der Waals surface area contributed by atoms with Crippen LogP contribution < -0.4 is 10.4 Å². The fraction of sp³-hybridized carbons (Fsp3) is 0.471. The summed E-state index contributed by atoms with van der Waals surface area (Å²) in [6, 6.07) is 9.34. The molecule has 0 bridgehead atoms. The zero-order chi connectivity index (χ0) is 16.5. The van der Waals surface area contributed by atoms with Gasteiger partial charge in [0.25, 0.3) is 11.8 Å². The van der Waals surface area contributed by atoms with E-state index in [2.05, 4.69) is 10.4 Å². The molecule has 1 aromatic rings. The summed E-state index contributed by atoms with van der Waals surface area (Å²) in [5.74, 6) is -0.104. The van der Waals surface area contributed by atoms with Gasteiger partial charge in [0, 0.05) is 6.54 Å². The molecule has 2 amide bonds. The van der Waals surface area contributed by atoms with Gasteiger partial charge in [-0.25, -0.2) is 5.01 Å². The minimum absolute atomic E-state index is 0.0264. The molecule has 1 saturated carbocycles. The van der Waals surface area contributed by atoms with Gasteiger partial charge in [0.05, 0.1) is 24.4 Å². The number of aliphatic imine (C=N–C) groups is 1. The van der Waals surface area contributed by atoms with E-state index in [0.29, 0.717) is 18.8 Å². The number of carbonyl (C=O) groups is 2. The van der Waals surface area contributed by atoms with E-state index in [-0.39, 0.29) is 36.3 Å². The van der Waals surface area contributed by atoms with E-state index in [0.717, 1.165) is 19.3 Å². The van der Waals surface area contributed by atoms with Crippen molar-refractivity contribution in [3.63, 3.8) is 0 Å². The third-order valence-corrected chi connectivity index (χ3v) is 4.80. The molecule has 0 radical (unpaired) electrons. The van der Waals surface area contributed by atoms with Gasteiger partial charge in [-0.1, -0.05) is 18.2 Å². The van der Waals surface area contributed by atoms with Gasteiger partial charge in [-0.3, -0.25) is 20.0 Å². The van der Waals surface area contributed by atoms with Gasteiger partial charge in [0.15, 0.2) is 0 Å². The van der Waals surface area contributed by atoms with E-state index >= 15 is 0 Å². The van der Waals surface area contributed by atoms with Gasteiger partial charge in [-0.15, -0.1) is 0 Å². The largest absolute Gasteiger partial charge is 0.374 e. The van der Waals surface area contributed by atoms with Crippen molar-refractivity contribution in [2.75, 3.05) is 24.7 Å². The molecule has 24 heavy (non-hydrogen) atoms. The lowest BCUT2D eigenvalue weighted by Crippen LogP contribution is -2.60. The van der Waals surface area contributed by atoms with Crippen LogP contribution in [0.5, 0.6) is 0 Å². The molecule has 4 rings (SSSR count). The lowest BCUT2D eigenvalue weighted by Gasteiger charge is -2.38. The quantitative estimate of drug-likeness (QED) is 0.868. The van der Waals surface area contributed by atoms with Crippen LogP contribution in [0, 0.1) is 0 Å². The molecular weight excluding hydrogens is 308 g/mol. The van der Waals surface area contributed by atoms with Gasteiger partial charge in [0.2, 0.25) is 5.84 Å². The molecule has 0 spiro atoms. The number of amidine groups is 1. The first-order chi connectivity index (χ1) is 11.7. The smallest absolute Gasteiger partial charge is 0.291 e. The minimum Gasteiger partial charge on any atom is -0.374 e. The lowest BCUT2D eigenvalue weighted by atomic mass is 10.1. The Bertz CT molecular complexity index is 676. The highest BCUT2D eigenvalue weighted by molar-refractivity contribution is 6.39. The molecular formula is C17H20N4O3. The third kappa shape index (κ3) is 2.65. The number of para-hydroxylation sites is 1. The number of amides is 2. The van der Waals surface area contributed by atoms with E-state index in [1.54, 1.807) is 0 Å². The summed E-state index contributed by atoms with van der Waals surface area (Å²) in [5, 5.41) is 1.40. The molecule has 2 aliphatic heterocycles. The molecule has 2 fully saturated rings. The summed E-state index contributed by atoms with van der Waals surface area (Å²) in [4.78, 5) is 31.1. The van der Waals surface area contributed by atoms with Crippen LogP contribution in [0.3, 0.4) is 0 Å². The Kier molecular flexibility index (Phi) is 3.93. The Morgan fingerprint density at radius 1 is 1.25 bits per heavy atom. The predicted molar refractivity (Wildman–Crippen MR) is 88.5 cm³/mol. The van der Waals surface area contributed by atoms with Crippen LogP contribution in [-0.2, 0) is 14.3 Å². The summed E-state index contributed by atoms with van der Waals surface area (Å²) in [6.07, 6.45) is 3.18. The number of rotatable bonds is 2. The van der Waals surface area contributed by atoms with Crippen LogP contribution in [0.4, 0.5) is 5.69 Å². The van der Waals surface area contributed by atoms with E-state index in [4.69, 9.17) is 4.74 Å². The highest BCUT2D eigenvalue weighted by atomic mass is 16.5. The van der Waals surface area contributed by atoms with Gasteiger partial charge < -0.3 is 9.64 Å². The summed E-state index contributed by atoms with van der Waals surface area (Å²) < 4.78 is 5.76. The second kappa shape index (κ2) is 6.24. The van der Waals surface area contributed by atoms with Crippen molar-refractivity contribution in [3.05, 3.63) is 30.3 Å². The Hall–Kier alpha value is -2.41. The third-order valence-electron chi connectivity index (χ3n) is 4.80. The monoisotopic (exact) mass is 328 g/mol. The molecule has 126 valence electrons. The molecule has 7 heteroatoms. The maximum Gasteiger partial charge on any atom is 0.291 e. The number of hydrogen-bond acceptors (Lipinski definition) is 5. The fourth-order valence-electron chi connectivity index (χ4n) is 3.64. The number of fused-ring (bicyclic) bond motifs is 1. The summed E-state index contributed by atoms with van der Waals surface area (Å²) in [5.41, 5.74) is 3.60. The van der Waals surface area contributed by atoms with Crippen LogP contribution in [0.1, 0.15) is 19.3 Å². The van der Waals surface area contributed by atoms with E-state index < -0.39 is 0 Å². The second-order valence-corrected chi connectivity index (χ2v) is 6.25. The molecule has 0 aromatic heterocycles. The second-order valence-electron chi connectivity index (χ2n) is 6.25. The molecule has 3 aliphatic rings. The Morgan fingerprint density at radius 2 is 2.08 bits per heavy atom. The van der Waals surface area contributed by atoms with Crippen LogP contribution in [-0.4, -0.2) is 54.4 Å². The maximum atomic E-state index is 12.9. The SMILES string of the molecule is O=C1CN=C(C(=O)N2CCO[C@@H]3CCC[C@H]32)NN1c1ccccc1. The topological polar surface area (TPSA) is 74.2 Å². The molecule has 2 atom stereocenters. The van der Waals surface area contributed by atoms with Crippen molar-refractivity contribution in [2.24, 2.45) is 4.99 Å². The number of morpholine rings is 1. The van der Waals surface area contributed by atoms with Gasteiger partial charge >= 0.3 is 0 Å². The van der Waals surface area contributed by atoms with Crippen LogP contribution in [0.15, 0.2) is 35.3 Å². The van der Waals surface area contributed by atoms with Crippen LogP contribution in [0.25, 0.3) is 0 Å². The summed E-state index contributed by atoms with van der Waals surface area (Å²) in [7, 11) is 0. The zero-order valence-electron chi connectivity index (χ0n) is 13.4. The van der Waals surface area contributed by atoms with E-state index in [1.807, 2.05) is 35.2 Å². The highest BCUT2D eigenvalue weighted by Gasteiger charge is 2.40. The molecule has 1 aromatic carbocycles. The first kappa shape index (κ1) is 15.1. The number of hydrogen-bond donors (Lipinski definition) is 1. The zero-order valence-corrected chi connectivity index (χ0v) is 13.4. The minimum atomic E-state index is -0.182. The standard InChI is InChI=1S/C17H20N4O3/c22-15-11-18-16(19-21(15)12-5-2-1-3-6-12)17(23)20-9-10-24-14-8-4-7-13(14)20/h1-3,5-6,13-14H,4,7-11H2,(H,18,19)/t13-,14-/m1/s1. The fourth-order valence-corrected chi connectivity index (χ4v) is 3.64. The molecule has 7 nitrogen and oxygen atoms in total. The number of carbonyl (C=O) groups excluding carboxylic acids is 2. The lowest BCUT2D eigenvalue weighted by molar-refractivity contribution is -0.137. The Labute approximate surface area is 140 Å². The number of nitrogens with one attached hydrogen (secondary N) is 1. The van der Waals surface area contributed by atoms with Crippen molar-refractivity contribution < 1.29 is 14.3 Å². The predicted octanol–water partition coefficient (Wildman–Crippen LogP) is 0.716. The number of ether oxygens (including phenoxy) is 1. The Morgan fingerprint density at radius 3 is 2.92 bits per heavy atom. The van der Waals surface area contributed by atoms with Gasteiger partial charge in [-0.2, -0.15) is 0 Å². The van der Waals surface area contributed by atoms with Gasteiger partial charge in [-0.05, 0) is 31.4 Å². The van der Waals surface area contributed by atoms with Crippen molar-refractivity contribution >= 4 is 23.3 Å². The van der Waals surface area contributed by atoms with Crippen molar-refractivity contribution in [3.8, 4) is 0 Å². The van der Waals surface area contributed by atoms with Crippen molar-refractivity contribution in [1.82, 2.24) is 10.3 Å². The number of nitrogens with zero attached hydrogens (tertiary/aromatic N) is 3. The molecule has 1 saturated heterocycles. The van der Waals surface area contributed by atoms with Crippen molar-refractivity contribution in [1.29, 1.82) is 0 Å². The normalized spacial score (nSPS) is 26.7. The molecule has 1 N–H and O–H groups in total. The molecule has 2 heterocycles. The van der Waals surface area contributed by atoms with E-state index in [9.17, 15) is 9.59 Å². The maximum absolute atomic E-state index is 12.9. The Balaban J connectivity index is 1.53. The average Bonchev–Trinajstić information content (AvgIpc) is 3.11. The first-order valence-electron chi connectivity index (χ1n) is 8.36. The average molecular weight is 328 g/mol. The number of anilines is 1. The van der Waals surface area contributed by atoms with Gasteiger partial charge in [0.1, 0.15) is 6.54 Å². The molecule has 0 unspecified atom stereocenters. The van der Waals surface area contributed by atoms with Crippen LogP contribution in [0.2, 0.25) is 0 Å². The number of benzene rings is 1. The number of hydrazine groups is 1.